The van der Waals surface area contributed by atoms with E-state index in [-0.39, 0.29) is 36.4 Å². The van der Waals surface area contributed by atoms with E-state index in [9.17, 15) is 4.79 Å². The van der Waals surface area contributed by atoms with Crippen molar-refractivity contribution in [3.63, 3.8) is 0 Å². The molecule has 1 aromatic carbocycles. The van der Waals surface area contributed by atoms with E-state index in [2.05, 4.69) is 22.2 Å². The normalized spacial score (nSPS) is 10.4. The van der Waals surface area contributed by atoms with E-state index < -0.39 is 0 Å². The van der Waals surface area contributed by atoms with Gasteiger partial charge in [-0.15, -0.1) is 30.6 Å². The molecule has 122 valence electrons. The van der Waals surface area contributed by atoms with Gasteiger partial charge in [0.25, 0.3) is 0 Å². The van der Waals surface area contributed by atoms with Crippen LogP contribution in [-0.4, -0.2) is 44.0 Å². The summed E-state index contributed by atoms with van der Waals surface area (Å²) in [7, 11) is 3.42. The van der Waals surface area contributed by atoms with Gasteiger partial charge in [-0.2, -0.15) is 0 Å². The van der Waals surface area contributed by atoms with Gasteiger partial charge < -0.3 is 15.5 Å². The Morgan fingerprint density at radius 3 is 2.64 bits per heavy atom. The molecule has 2 N–H and O–H groups in total. The van der Waals surface area contributed by atoms with Crippen molar-refractivity contribution in [3.05, 3.63) is 47.5 Å². The first-order valence-corrected chi connectivity index (χ1v) is 6.99. The number of amides is 1. The summed E-state index contributed by atoms with van der Waals surface area (Å²) >= 11 is 6.09. The minimum absolute atomic E-state index is 0. The molecule has 0 radical (unpaired) electrons. The first-order chi connectivity index (χ1) is 10.0. The monoisotopic (exact) mass is 436 g/mol. The van der Waals surface area contributed by atoms with Crippen LogP contribution >= 0.6 is 35.6 Å². The number of hydrogen-bond donors (Lipinski definition) is 2. The maximum atomic E-state index is 11.6. The Morgan fingerprint density at radius 1 is 1.36 bits per heavy atom. The molecule has 0 atom stereocenters. The molecule has 7 heteroatoms. The topological polar surface area (TPSA) is 56.7 Å². The first-order valence-electron chi connectivity index (χ1n) is 6.61. The van der Waals surface area contributed by atoms with E-state index in [4.69, 9.17) is 11.6 Å². The predicted molar refractivity (Wildman–Crippen MR) is 103 cm³/mol. The molecule has 0 aliphatic rings. The van der Waals surface area contributed by atoms with E-state index in [1.54, 1.807) is 20.2 Å². The van der Waals surface area contributed by atoms with Gasteiger partial charge in [0.1, 0.15) is 0 Å². The number of benzene rings is 1. The third kappa shape index (κ3) is 7.65. The summed E-state index contributed by atoms with van der Waals surface area (Å²) in [5, 5.41) is 6.72. The summed E-state index contributed by atoms with van der Waals surface area (Å²) in [5.74, 6) is 0.519. The minimum atomic E-state index is -0.0270. The number of likely N-dealkylation sites (N-methyl/N-ethyl adjacent to an activating group) is 1. The zero-order chi connectivity index (χ0) is 15.7. The zero-order valence-corrected chi connectivity index (χ0v) is 15.9. The van der Waals surface area contributed by atoms with Gasteiger partial charge in [-0.1, -0.05) is 35.9 Å². The number of carbonyl (C=O) groups is 1. The maximum Gasteiger partial charge on any atom is 0.241 e. The highest BCUT2D eigenvalue weighted by Crippen LogP contribution is 2.15. The van der Waals surface area contributed by atoms with Gasteiger partial charge in [-0.05, 0) is 11.6 Å². The summed E-state index contributed by atoms with van der Waals surface area (Å²) in [6.07, 6.45) is 1.72. The molecule has 0 fully saturated rings. The zero-order valence-electron chi connectivity index (χ0n) is 12.8. The van der Waals surface area contributed by atoms with Crippen molar-refractivity contribution in [1.82, 2.24) is 15.5 Å². The van der Waals surface area contributed by atoms with Crippen molar-refractivity contribution in [2.75, 3.05) is 27.2 Å². The number of nitrogens with one attached hydrogen (secondary N) is 2. The Morgan fingerprint density at radius 2 is 2.05 bits per heavy atom. The van der Waals surface area contributed by atoms with Gasteiger partial charge in [-0.3, -0.25) is 4.79 Å². The van der Waals surface area contributed by atoms with Crippen molar-refractivity contribution in [1.29, 1.82) is 0 Å². The van der Waals surface area contributed by atoms with Crippen LogP contribution < -0.4 is 10.6 Å². The third-order valence-electron chi connectivity index (χ3n) is 2.69. The van der Waals surface area contributed by atoms with Crippen molar-refractivity contribution in [3.8, 4) is 0 Å². The second-order valence-corrected chi connectivity index (χ2v) is 4.97. The summed E-state index contributed by atoms with van der Waals surface area (Å²) in [4.78, 5) is 17.5. The molecular weight excluding hydrogens is 415 g/mol. The molecule has 0 unspecified atom stereocenters. The molecule has 1 aromatic rings. The summed E-state index contributed by atoms with van der Waals surface area (Å²) in [6.45, 7) is 4.82. The largest absolute Gasteiger partial charge is 0.353 e. The molecule has 0 saturated carbocycles. The molecule has 22 heavy (non-hydrogen) atoms. The quantitative estimate of drug-likeness (QED) is 0.311. The molecule has 0 aliphatic carbocycles. The van der Waals surface area contributed by atoms with Crippen LogP contribution in [0.5, 0.6) is 0 Å². The highest BCUT2D eigenvalue weighted by atomic mass is 127. The SMILES string of the molecule is C=CCNC(=NCc1ccccc1Cl)NCC(=O)N(C)C.I. The Bertz CT molecular complexity index is 520. The van der Waals surface area contributed by atoms with Crippen LogP contribution in [0.3, 0.4) is 0 Å². The van der Waals surface area contributed by atoms with Gasteiger partial charge in [0, 0.05) is 25.7 Å². The molecule has 1 amide bonds. The number of rotatable bonds is 6. The van der Waals surface area contributed by atoms with Gasteiger partial charge in [0.05, 0.1) is 13.1 Å². The molecule has 0 saturated heterocycles. The van der Waals surface area contributed by atoms with E-state index in [1.807, 2.05) is 24.3 Å². The standard InChI is InChI=1S/C15H21ClN4O.HI/c1-4-9-17-15(19-11-14(21)20(2)3)18-10-12-7-5-6-8-13(12)16;/h4-8H,1,9-11H2,2-3H3,(H2,17,18,19);1H. The molecular formula is C15H22ClIN4O. The summed E-state index contributed by atoms with van der Waals surface area (Å²) < 4.78 is 0. The lowest BCUT2D eigenvalue weighted by atomic mass is 10.2. The van der Waals surface area contributed by atoms with Crippen LogP contribution in [0.4, 0.5) is 0 Å². The van der Waals surface area contributed by atoms with Crippen LogP contribution in [0, 0.1) is 0 Å². The van der Waals surface area contributed by atoms with Crippen LogP contribution in [0.2, 0.25) is 5.02 Å². The second-order valence-electron chi connectivity index (χ2n) is 4.57. The average molecular weight is 437 g/mol. The van der Waals surface area contributed by atoms with Crippen molar-refractivity contribution in [2.24, 2.45) is 4.99 Å². The molecule has 1 rings (SSSR count). The summed E-state index contributed by atoms with van der Waals surface area (Å²) in [6, 6.07) is 7.53. The first kappa shape index (κ1) is 20.7. The number of halogens is 2. The van der Waals surface area contributed by atoms with Crippen molar-refractivity contribution < 1.29 is 4.79 Å². The highest BCUT2D eigenvalue weighted by Gasteiger charge is 2.05. The molecule has 5 nitrogen and oxygen atoms in total. The minimum Gasteiger partial charge on any atom is -0.353 e. The van der Waals surface area contributed by atoms with E-state index in [0.717, 1.165) is 5.56 Å². The fourth-order valence-electron chi connectivity index (χ4n) is 1.45. The van der Waals surface area contributed by atoms with Crippen LogP contribution in [0.15, 0.2) is 41.9 Å². The number of carbonyl (C=O) groups excluding carboxylic acids is 1. The lowest BCUT2D eigenvalue weighted by Crippen LogP contribution is -2.43. The van der Waals surface area contributed by atoms with Crippen LogP contribution in [0.25, 0.3) is 0 Å². The molecule has 0 spiro atoms. The smallest absolute Gasteiger partial charge is 0.241 e. The lowest BCUT2D eigenvalue weighted by molar-refractivity contribution is -0.127. The lowest BCUT2D eigenvalue weighted by Gasteiger charge is -2.14. The molecule has 0 aromatic heterocycles. The Kier molecular flexibility index (Phi) is 10.7. The molecule has 0 heterocycles. The molecule has 0 bridgehead atoms. The van der Waals surface area contributed by atoms with E-state index >= 15 is 0 Å². The van der Waals surface area contributed by atoms with Crippen LogP contribution in [0.1, 0.15) is 5.56 Å². The Balaban J connectivity index is 0.00000441. The fourth-order valence-corrected chi connectivity index (χ4v) is 1.65. The average Bonchev–Trinajstić information content (AvgIpc) is 2.47. The predicted octanol–water partition coefficient (Wildman–Crippen LogP) is 2.27. The van der Waals surface area contributed by atoms with Crippen molar-refractivity contribution in [2.45, 2.75) is 6.54 Å². The van der Waals surface area contributed by atoms with Gasteiger partial charge in [-0.25, -0.2) is 4.99 Å². The number of guanidine groups is 1. The maximum absolute atomic E-state index is 11.6. The third-order valence-corrected chi connectivity index (χ3v) is 3.05. The van der Waals surface area contributed by atoms with Gasteiger partial charge >= 0.3 is 0 Å². The Labute approximate surface area is 153 Å². The number of hydrogen-bond acceptors (Lipinski definition) is 2. The summed E-state index contributed by atoms with van der Waals surface area (Å²) in [5.41, 5.74) is 0.929. The van der Waals surface area contributed by atoms with E-state index in [0.29, 0.717) is 24.1 Å². The van der Waals surface area contributed by atoms with Gasteiger partial charge in [0.15, 0.2) is 5.96 Å². The Hall–Kier alpha value is -1.28. The van der Waals surface area contributed by atoms with Crippen LogP contribution in [-0.2, 0) is 11.3 Å². The van der Waals surface area contributed by atoms with Crippen molar-refractivity contribution >= 4 is 47.4 Å². The second kappa shape index (κ2) is 11.3. The van der Waals surface area contributed by atoms with E-state index in [1.165, 1.54) is 4.90 Å². The highest BCUT2D eigenvalue weighted by molar-refractivity contribution is 14.0. The number of nitrogens with zero attached hydrogens (tertiary/aromatic N) is 2. The molecule has 0 aliphatic heterocycles. The number of aliphatic imine (C=N–C) groups is 1. The van der Waals surface area contributed by atoms with Gasteiger partial charge in [0.2, 0.25) is 5.91 Å². The fraction of sp³-hybridized carbons (Fsp3) is 0.333.